The Labute approximate surface area is 164 Å². The Hall–Kier alpha value is -3.12. The van der Waals surface area contributed by atoms with Crippen LogP contribution in [0.4, 0.5) is 11.4 Å². The van der Waals surface area contributed by atoms with Crippen molar-refractivity contribution in [1.29, 1.82) is 0 Å². The average Bonchev–Trinajstić information content (AvgIpc) is 3.27. The van der Waals surface area contributed by atoms with Gasteiger partial charge < -0.3 is 15.5 Å². The summed E-state index contributed by atoms with van der Waals surface area (Å²) in [7, 11) is 0. The number of para-hydroxylation sites is 2. The third-order valence-electron chi connectivity index (χ3n) is 5.70. The van der Waals surface area contributed by atoms with E-state index in [1.807, 2.05) is 52.2 Å². The number of amides is 1. The first kappa shape index (κ1) is 17.0. The molecule has 0 aliphatic carbocycles. The molecule has 0 saturated carbocycles. The second-order valence-corrected chi connectivity index (χ2v) is 7.49. The summed E-state index contributed by atoms with van der Waals surface area (Å²) in [5.74, 6) is 0.164. The molecule has 1 amide bonds. The summed E-state index contributed by atoms with van der Waals surface area (Å²) in [4.78, 5) is 15.5. The first-order valence-corrected chi connectivity index (χ1v) is 9.74. The van der Waals surface area contributed by atoms with Crippen LogP contribution in [0.25, 0.3) is 5.69 Å². The highest BCUT2D eigenvalue weighted by molar-refractivity contribution is 6.07. The number of nitrogens with one attached hydrogen (secondary N) is 2. The molecule has 3 aromatic rings. The molecule has 0 unspecified atom stereocenters. The van der Waals surface area contributed by atoms with E-state index in [2.05, 4.69) is 33.9 Å². The Morgan fingerprint density at radius 3 is 2.71 bits per heavy atom. The number of carbonyl (C=O) groups excluding carboxylic acids is 1. The van der Waals surface area contributed by atoms with Crippen molar-refractivity contribution < 1.29 is 4.79 Å². The third-order valence-corrected chi connectivity index (χ3v) is 5.70. The molecular weight excluding hydrogens is 350 g/mol. The maximum absolute atomic E-state index is 13.6. The fraction of sp³-hybridized carbons (Fsp3) is 0.273. The molecule has 3 heterocycles. The lowest BCUT2D eigenvalue weighted by Gasteiger charge is -2.46. The highest BCUT2D eigenvalue weighted by Crippen LogP contribution is 2.39. The Bertz CT molecular complexity index is 992. The van der Waals surface area contributed by atoms with Crippen molar-refractivity contribution in [1.82, 2.24) is 15.1 Å². The molecule has 5 rings (SSSR count). The second kappa shape index (κ2) is 6.80. The fourth-order valence-electron chi connectivity index (χ4n) is 4.24. The van der Waals surface area contributed by atoms with E-state index in [0.717, 1.165) is 48.6 Å². The Kier molecular flexibility index (Phi) is 4.13. The van der Waals surface area contributed by atoms with Crippen LogP contribution in [0.2, 0.25) is 0 Å². The lowest BCUT2D eigenvalue weighted by Crippen LogP contribution is -2.61. The van der Waals surface area contributed by atoms with Crippen LogP contribution in [0, 0.1) is 0 Å². The van der Waals surface area contributed by atoms with Gasteiger partial charge in [0.15, 0.2) is 0 Å². The van der Waals surface area contributed by atoms with Gasteiger partial charge in [0.05, 0.1) is 23.6 Å². The number of anilines is 2. The molecule has 0 atom stereocenters. The van der Waals surface area contributed by atoms with E-state index in [1.165, 1.54) is 0 Å². The van der Waals surface area contributed by atoms with Crippen molar-refractivity contribution in [2.75, 3.05) is 23.3 Å². The fourth-order valence-corrected chi connectivity index (χ4v) is 4.24. The van der Waals surface area contributed by atoms with Crippen LogP contribution in [0.1, 0.15) is 18.4 Å². The van der Waals surface area contributed by atoms with E-state index >= 15 is 0 Å². The van der Waals surface area contributed by atoms with Crippen LogP contribution < -0.4 is 15.5 Å². The molecule has 2 N–H and O–H groups in total. The zero-order valence-electron chi connectivity index (χ0n) is 15.6. The normalized spacial score (nSPS) is 18.0. The number of carbonyl (C=O) groups is 1. The summed E-state index contributed by atoms with van der Waals surface area (Å²) < 4.78 is 1.84. The first-order valence-electron chi connectivity index (χ1n) is 9.74. The van der Waals surface area contributed by atoms with Crippen molar-refractivity contribution >= 4 is 17.3 Å². The molecule has 1 spiro atoms. The van der Waals surface area contributed by atoms with Crippen molar-refractivity contribution in [3.05, 3.63) is 72.6 Å². The summed E-state index contributed by atoms with van der Waals surface area (Å²) in [5.41, 5.74) is 3.55. The number of nitrogens with zero attached hydrogens (tertiary/aromatic N) is 3. The minimum absolute atomic E-state index is 0.164. The van der Waals surface area contributed by atoms with Crippen LogP contribution in [0.5, 0.6) is 0 Å². The average molecular weight is 373 g/mol. The van der Waals surface area contributed by atoms with Gasteiger partial charge in [-0.1, -0.05) is 24.3 Å². The SMILES string of the molecule is O=C1N(Cc2cccc(-n3cccn3)c2)c2ccccc2NC12CCNCC2. The number of piperidine rings is 1. The molecule has 1 fully saturated rings. The van der Waals surface area contributed by atoms with E-state index in [1.54, 1.807) is 6.20 Å². The minimum atomic E-state index is -0.515. The van der Waals surface area contributed by atoms with Crippen LogP contribution in [-0.2, 0) is 11.3 Å². The summed E-state index contributed by atoms with van der Waals surface area (Å²) in [5, 5.41) is 11.2. The van der Waals surface area contributed by atoms with Gasteiger partial charge in [0, 0.05) is 12.4 Å². The van der Waals surface area contributed by atoms with E-state index in [0.29, 0.717) is 6.54 Å². The molecule has 28 heavy (non-hydrogen) atoms. The highest BCUT2D eigenvalue weighted by Gasteiger charge is 2.46. The van der Waals surface area contributed by atoms with Crippen LogP contribution in [0.15, 0.2) is 67.0 Å². The number of hydrogen-bond donors (Lipinski definition) is 2. The molecule has 0 radical (unpaired) electrons. The molecule has 2 aromatic carbocycles. The molecule has 1 aromatic heterocycles. The van der Waals surface area contributed by atoms with Crippen LogP contribution >= 0.6 is 0 Å². The first-order chi connectivity index (χ1) is 13.8. The molecule has 142 valence electrons. The van der Waals surface area contributed by atoms with Crippen molar-refractivity contribution in [3.8, 4) is 5.69 Å². The molecule has 0 bridgehead atoms. The van der Waals surface area contributed by atoms with E-state index in [-0.39, 0.29) is 5.91 Å². The molecule has 1 saturated heterocycles. The highest BCUT2D eigenvalue weighted by atomic mass is 16.2. The number of aromatic nitrogens is 2. The zero-order valence-corrected chi connectivity index (χ0v) is 15.6. The summed E-state index contributed by atoms with van der Waals surface area (Å²) >= 11 is 0. The number of fused-ring (bicyclic) bond motifs is 1. The smallest absolute Gasteiger partial charge is 0.253 e. The zero-order chi connectivity index (χ0) is 19.0. The van der Waals surface area contributed by atoms with Gasteiger partial charge in [-0.25, -0.2) is 4.68 Å². The lowest BCUT2D eigenvalue weighted by molar-refractivity contribution is -0.124. The van der Waals surface area contributed by atoms with Crippen molar-refractivity contribution in [2.45, 2.75) is 24.9 Å². The topological polar surface area (TPSA) is 62.2 Å². The monoisotopic (exact) mass is 373 g/mol. The Morgan fingerprint density at radius 1 is 1.04 bits per heavy atom. The third kappa shape index (κ3) is 2.86. The van der Waals surface area contributed by atoms with Crippen LogP contribution in [-0.4, -0.2) is 34.3 Å². The predicted molar refractivity (Wildman–Crippen MR) is 110 cm³/mol. The van der Waals surface area contributed by atoms with E-state index in [9.17, 15) is 4.79 Å². The largest absolute Gasteiger partial charge is 0.369 e. The van der Waals surface area contributed by atoms with Gasteiger partial charge in [0.2, 0.25) is 0 Å². The van der Waals surface area contributed by atoms with Gasteiger partial charge in [-0.3, -0.25) is 4.79 Å². The quantitative estimate of drug-likeness (QED) is 0.741. The lowest BCUT2D eigenvalue weighted by atomic mass is 9.84. The van der Waals surface area contributed by atoms with Crippen molar-refractivity contribution in [2.24, 2.45) is 0 Å². The summed E-state index contributed by atoms with van der Waals surface area (Å²) in [6, 6.07) is 18.2. The van der Waals surface area contributed by atoms with Gasteiger partial charge in [-0.05, 0) is 61.8 Å². The molecule has 6 nitrogen and oxygen atoms in total. The minimum Gasteiger partial charge on any atom is -0.369 e. The number of rotatable bonds is 3. The summed E-state index contributed by atoms with van der Waals surface area (Å²) in [6.07, 6.45) is 5.28. The second-order valence-electron chi connectivity index (χ2n) is 7.49. The molecule has 2 aliphatic rings. The van der Waals surface area contributed by atoms with Gasteiger partial charge in [-0.2, -0.15) is 5.10 Å². The molecule has 6 heteroatoms. The predicted octanol–water partition coefficient (Wildman–Crippen LogP) is 2.95. The van der Waals surface area contributed by atoms with Gasteiger partial charge >= 0.3 is 0 Å². The number of benzene rings is 2. The number of hydrogen-bond acceptors (Lipinski definition) is 4. The van der Waals surface area contributed by atoms with Gasteiger partial charge in [-0.15, -0.1) is 0 Å². The van der Waals surface area contributed by atoms with Gasteiger partial charge in [0.25, 0.3) is 5.91 Å². The standard InChI is InChI=1S/C22H23N5O/c28-21-22(9-12-23-13-10-22)25-19-7-1-2-8-20(19)26(21)16-17-5-3-6-18(15-17)27-14-4-11-24-27/h1-8,11,14-15,23,25H,9-10,12-13,16H2. The summed E-state index contributed by atoms with van der Waals surface area (Å²) in [6.45, 7) is 2.24. The van der Waals surface area contributed by atoms with Gasteiger partial charge in [0.1, 0.15) is 5.54 Å². The molecule has 2 aliphatic heterocycles. The Morgan fingerprint density at radius 2 is 1.89 bits per heavy atom. The molecular formula is C22H23N5O. The maximum atomic E-state index is 13.6. The maximum Gasteiger partial charge on any atom is 0.253 e. The van der Waals surface area contributed by atoms with Crippen molar-refractivity contribution in [3.63, 3.8) is 0 Å². The Balaban J connectivity index is 1.51. The van der Waals surface area contributed by atoms with Crippen LogP contribution in [0.3, 0.4) is 0 Å². The van der Waals surface area contributed by atoms with E-state index < -0.39 is 5.54 Å². The van der Waals surface area contributed by atoms with E-state index in [4.69, 9.17) is 0 Å².